The van der Waals surface area contributed by atoms with Gasteiger partial charge in [0.05, 0.1) is 0 Å². The second-order valence-electron chi connectivity index (χ2n) is 7.96. The van der Waals surface area contributed by atoms with E-state index in [1.54, 1.807) is 23.1 Å². The van der Waals surface area contributed by atoms with Crippen molar-refractivity contribution in [3.05, 3.63) is 53.3 Å². The van der Waals surface area contributed by atoms with Gasteiger partial charge in [0.15, 0.2) is 17.2 Å². The van der Waals surface area contributed by atoms with Gasteiger partial charge in [0.2, 0.25) is 0 Å². The summed E-state index contributed by atoms with van der Waals surface area (Å²) in [5, 5.41) is 9.85. The van der Waals surface area contributed by atoms with Crippen molar-refractivity contribution >= 4 is 11.8 Å². The van der Waals surface area contributed by atoms with Gasteiger partial charge in [-0.1, -0.05) is 6.92 Å². The van der Waals surface area contributed by atoms with Crippen molar-refractivity contribution < 1.29 is 18.4 Å². The number of furan rings is 2. The zero-order chi connectivity index (χ0) is 20.6. The van der Waals surface area contributed by atoms with Gasteiger partial charge >= 0.3 is 0 Å². The van der Waals surface area contributed by atoms with Crippen LogP contribution >= 0.6 is 0 Å². The summed E-state index contributed by atoms with van der Waals surface area (Å²) >= 11 is 0. The third kappa shape index (κ3) is 3.96. The first-order chi connectivity index (χ1) is 13.8. The van der Waals surface area contributed by atoms with Crippen LogP contribution in [-0.2, 0) is 0 Å². The van der Waals surface area contributed by atoms with Crippen molar-refractivity contribution in [2.45, 2.75) is 27.2 Å². The molecule has 1 unspecified atom stereocenters. The highest BCUT2D eigenvalue weighted by Crippen LogP contribution is 2.30. The molecule has 3 aromatic heterocycles. The Balaban J connectivity index is 1.34. The van der Waals surface area contributed by atoms with E-state index in [2.05, 4.69) is 22.4 Å². The van der Waals surface area contributed by atoms with Crippen LogP contribution < -0.4 is 5.32 Å². The van der Waals surface area contributed by atoms with Gasteiger partial charge in [-0.2, -0.15) is 5.10 Å². The Labute approximate surface area is 168 Å². The van der Waals surface area contributed by atoms with Crippen molar-refractivity contribution in [3.8, 4) is 11.5 Å². The number of nitrogens with zero attached hydrogens (tertiary/aromatic N) is 2. The van der Waals surface area contributed by atoms with Gasteiger partial charge in [0, 0.05) is 31.1 Å². The summed E-state index contributed by atoms with van der Waals surface area (Å²) in [5.74, 6) is 2.12. The standard InChI is InChI=1S/C21H24N4O4/c1-13-4-6-17(28-13)15-10-16(24-23-15)19(26)22-11-21(3)8-9-25(12-21)20(27)18-7-5-14(2)29-18/h4-7,10H,8-9,11-12H2,1-3H3,(H,22,26)(H,23,24). The van der Waals surface area contributed by atoms with Crippen LogP contribution in [0.25, 0.3) is 11.5 Å². The molecule has 0 aliphatic carbocycles. The lowest BCUT2D eigenvalue weighted by atomic mass is 9.90. The van der Waals surface area contributed by atoms with E-state index >= 15 is 0 Å². The molecule has 2 N–H and O–H groups in total. The lowest BCUT2D eigenvalue weighted by Crippen LogP contribution is -2.39. The highest BCUT2D eigenvalue weighted by atomic mass is 16.4. The molecule has 8 nitrogen and oxygen atoms in total. The van der Waals surface area contributed by atoms with Crippen LogP contribution in [0.2, 0.25) is 0 Å². The Kier molecular flexibility index (Phi) is 4.77. The molecule has 2 amide bonds. The number of rotatable bonds is 5. The fraction of sp³-hybridized carbons (Fsp3) is 0.381. The minimum Gasteiger partial charge on any atom is -0.460 e. The van der Waals surface area contributed by atoms with Crippen LogP contribution in [0.1, 0.15) is 45.9 Å². The number of amides is 2. The molecular weight excluding hydrogens is 372 g/mol. The molecule has 0 radical (unpaired) electrons. The maximum Gasteiger partial charge on any atom is 0.289 e. The maximum atomic E-state index is 12.6. The fourth-order valence-corrected chi connectivity index (χ4v) is 3.57. The Hall–Kier alpha value is -3.29. The Morgan fingerprint density at radius 3 is 2.66 bits per heavy atom. The van der Waals surface area contributed by atoms with Gasteiger partial charge in [0.25, 0.3) is 11.8 Å². The van der Waals surface area contributed by atoms with Gasteiger partial charge in [-0.3, -0.25) is 14.7 Å². The first-order valence-corrected chi connectivity index (χ1v) is 9.59. The highest BCUT2D eigenvalue weighted by molar-refractivity contribution is 5.93. The van der Waals surface area contributed by atoms with Crippen LogP contribution in [-0.4, -0.2) is 46.5 Å². The molecule has 3 aromatic rings. The third-order valence-electron chi connectivity index (χ3n) is 5.29. The molecule has 0 bridgehead atoms. The lowest BCUT2D eigenvalue weighted by molar-refractivity contribution is 0.0741. The van der Waals surface area contributed by atoms with Crippen LogP contribution in [0.3, 0.4) is 0 Å². The average molecular weight is 396 g/mol. The van der Waals surface area contributed by atoms with Crippen LogP contribution in [0.4, 0.5) is 0 Å². The zero-order valence-electron chi connectivity index (χ0n) is 16.7. The molecule has 1 fully saturated rings. The summed E-state index contributed by atoms with van der Waals surface area (Å²) in [5.41, 5.74) is 0.750. The van der Waals surface area contributed by atoms with Gasteiger partial charge in [-0.15, -0.1) is 0 Å². The van der Waals surface area contributed by atoms with Gasteiger partial charge < -0.3 is 19.1 Å². The predicted octanol–water partition coefficient (Wildman–Crippen LogP) is 3.16. The highest BCUT2D eigenvalue weighted by Gasteiger charge is 2.37. The number of carbonyl (C=O) groups excluding carboxylic acids is 2. The summed E-state index contributed by atoms with van der Waals surface area (Å²) in [4.78, 5) is 26.9. The molecule has 1 atom stereocenters. The number of aryl methyl sites for hydroxylation is 2. The number of carbonyl (C=O) groups is 2. The Morgan fingerprint density at radius 1 is 1.21 bits per heavy atom. The number of aromatic amines is 1. The van der Waals surface area contributed by atoms with E-state index in [9.17, 15) is 9.59 Å². The van der Waals surface area contributed by atoms with E-state index < -0.39 is 0 Å². The van der Waals surface area contributed by atoms with Crippen molar-refractivity contribution in [2.24, 2.45) is 5.41 Å². The molecule has 29 heavy (non-hydrogen) atoms. The molecule has 152 valence electrons. The second-order valence-corrected chi connectivity index (χ2v) is 7.96. The van der Waals surface area contributed by atoms with Gasteiger partial charge in [-0.05, 0) is 44.5 Å². The number of aromatic nitrogens is 2. The fourth-order valence-electron chi connectivity index (χ4n) is 3.57. The molecular formula is C21H24N4O4. The molecule has 4 heterocycles. The number of nitrogens with one attached hydrogen (secondary N) is 2. The van der Waals surface area contributed by atoms with Crippen molar-refractivity contribution in [2.75, 3.05) is 19.6 Å². The minimum atomic E-state index is -0.261. The van der Waals surface area contributed by atoms with E-state index in [-0.39, 0.29) is 17.2 Å². The molecule has 1 aliphatic rings. The lowest BCUT2D eigenvalue weighted by Gasteiger charge is -2.24. The first kappa shape index (κ1) is 19.0. The largest absolute Gasteiger partial charge is 0.460 e. The average Bonchev–Trinajstić information content (AvgIpc) is 3.46. The molecule has 0 spiro atoms. The summed E-state index contributed by atoms with van der Waals surface area (Å²) < 4.78 is 11.0. The molecule has 1 aliphatic heterocycles. The summed E-state index contributed by atoms with van der Waals surface area (Å²) in [6.07, 6.45) is 0.802. The van der Waals surface area contributed by atoms with E-state index in [0.717, 1.165) is 12.2 Å². The van der Waals surface area contributed by atoms with E-state index in [0.29, 0.717) is 48.3 Å². The molecule has 1 saturated heterocycles. The smallest absolute Gasteiger partial charge is 0.289 e. The predicted molar refractivity (Wildman–Crippen MR) is 105 cm³/mol. The number of hydrogen-bond donors (Lipinski definition) is 2. The van der Waals surface area contributed by atoms with Crippen LogP contribution in [0.15, 0.2) is 39.2 Å². The number of hydrogen-bond acceptors (Lipinski definition) is 5. The van der Waals surface area contributed by atoms with Gasteiger partial charge in [-0.25, -0.2) is 0 Å². The maximum absolute atomic E-state index is 12.6. The minimum absolute atomic E-state index is 0.112. The van der Waals surface area contributed by atoms with Crippen molar-refractivity contribution in [1.29, 1.82) is 0 Å². The Bertz CT molecular complexity index is 1050. The van der Waals surface area contributed by atoms with Crippen LogP contribution in [0.5, 0.6) is 0 Å². The summed E-state index contributed by atoms with van der Waals surface area (Å²) in [7, 11) is 0. The SMILES string of the molecule is Cc1ccc(C(=O)N2CCC(C)(CNC(=O)c3cc(-c4ccc(C)o4)[nH]n3)C2)o1. The molecule has 0 aromatic carbocycles. The topological polar surface area (TPSA) is 104 Å². The van der Waals surface area contributed by atoms with Crippen molar-refractivity contribution in [1.82, 2.24) is 20.4 Å². The van der Waals surface area contributed by atoms with Gasteiger partial charge in [0.1, 0.15) is 17.2 Å². The molecule has 4 rings (SSSR count). The van der Waals surface area contributed by atoms with Crippen molar-refractivity contribution in [3.63, 3.8) is 0 Å². The monoisotopic (exact) mass is 396 g/mol. The second kappa shape index (κ2) is 7.27. The van der Waals surface area contributed by atoms with E-state index in [4.69, 9.17) is 8.83 Å². The normalized spacial score (nSPS) is 18.9. The first-order valence-electron chi connectivity index (χ1n) is 9.59. The van der Waals surface area contributed by atoms with E-state index in [1.165, 1.54) is 0 Å². The number of H-pyrrole nitrogens is 1. The molecule has 8 heteroatoms. The Morgan fingerprint density at radius 2 is 1.97 bits per heavy atom. The molecule has 0 saturated carbocycles. The summed E-state index contributed by atoms with van der Waals surface area (Å²) in [6, 6.07) is 8.83. The zero-order valence-corrected chi connectivity index (χ0v) is 16.7. The van der Waals surface area contributed by atoms with E-state index in [1.807, 2.05) is 26.0 Å². The summed E-state index contributed by atoms with van der Waals surface area (Å²) in [6.45, 7) is 7.38. The quantitative estimate of drug-likeness (QED) is 0.689. The van der Waals surface area contributed by atoms with Crippen LogP contribution in [0, 0.1) is 19.3 Å². The number of likely N-dealkylation sites (tertiary alicyclic amines) is 1. The third-order valence-corrected chi connectivity index (χ3v) is 5.29.